The van der Waals surface area contributed by atoms with E-state index in [-0.39, 0.29) is 6.04 Å². The molecule has 21 heavy (non-hydrogen) atoms. The molecule has 0 radical (unpaired) electrons. The van der Waals surface area contributed by atoms with Crippen LogP contribution in [0.4, 0.5) is 8.78 Å². The quantitative estimate of drug-likeness (QED) is 0.881. The molecule has 0 saturated heterocycles. The van der Waals surface area contributed by atoms with E-state index in [0.29, 0.717) is 18.0 Å². The molecule has 0 spiro atoms. The minimum absolute atomic E-state index is 0.171. The number of nitrogens with one attached hydrogen (secondary N) is 1. The van der Waals surface area contributed by atoms with Gasteiger partial charge in [0.25, 0.3) is 0 Å². The lowest BCUT2D eigenvalue weighted by Gasteiger charge is -2.16. The maximum atomic E-state index is 13.3. The number of likely N-dealkylation sites (N-methyl/N-ethyl adjacent to an activating group) is 1. The number of hydrogen-bond acceptors (Lipinski definition) is 2. The zero-order valence-electron chi connectivity index (χ0n) is 12.6. The van der Waals surface area contributed by atoms with Gasteiger partial charge < -0.3 is 5.32 Å². The highest BCUT2D eigenvalue weighted by atomic mass is 19.1. The molecule has 2 atom stereocenters. The van der Waals surface area contributed by atoms with E-state index >= 15 is 0 Å². The third kappa shape index (κ3) is 3.88. The summed E-state index contributed by atoms with van der Waals surface area (Å²) >= 11 is 0. The fourth-order valence-electron chi connectivity index (χ4n) is 2.29. The Hall–Kier alpha value is -1.75. The first-order chi connectivity index (χ1) is 10.0. The Morgan fingerprint density at radius 1 is 1.24 bits per heavy atom. The van der Waals surface area contributed by atoms with Gasteiger partial charge in [-0.25, -0.2) is 8.78 Å². The van der Waals surface area contributed by atoms with Crippen LogP contribution in [0.15, 0.2) is 30.5 Å². The van der Waals surface area contributed by atoms with Crippen LogP contribution in [0.3, 0.4) is 0 Å². The summed E-state index contributed by atoms with van der Waals surface area (Å²) in [5, 5.41) is 7.62. The molecule has 0 amide bonds. The Morgan fingerprint density at radius 2 is 1.90 bits per heavy atom. The van der Waals surface area contributed by atoms with E-state index in [4.69, 9.17) is 0 Å². The van der Waals surface area contributed by atoms with E-state index in [1.807, 2.05) is 16.9 Å². The summed E-state index contributed by atoms with van der Waals surface area (Å²) < 4.78 is 28.6. The first-order valence-corrected chi connectivity index (χ1v) is 7.20. The summed E-state index contributed by atoms with van der Waals surface area (Å²) in [5.74, 6) is -1.12. The van der Waals surface area contributed by atoms with Crippen LogP contribution < -0.4 is 5.32 Å². The van der Waals surface area contributed by atoms with E-state index in [1.165, 1.54) is 12.1 Å². The Balaban J connectivity index is 2.17. The highest BCUT2D eigenvalue weighted by molar-refractivity contribution is 5.23. The SMILES string of the molecule is CCC(C)n1ccc(CC(NC)c2cc(F)cc(F)c2)n1. The fourth-order valence-corrected chi connectivity index (χ4v) is 2.29. The topological polar surface area (TPSA) is 29.9 Å². The molecular weight excluding hydrogens is 272 g/mol. The molecule has 1 aromatic carbocycles. The highest BCUT2D eigenvalue weighted by Crippen LogP contribution is 2.20. The maximum Gasteiger partial charge on any atom is 0.126 e. The van der Waals surface area contributed by atoms with E-state index in [2.05, 4.69) is 24.3 Å². The van der Waals surface area contributed by atoms with Crippen LogP contribution in [0.25, 0.3) is 0 Å². The van der Waals surface area contributed by atoms with Gasteiger partial charge in [-0.1, -0.05) is 6.92 Å². The second-order valence-corrected chi connectivity index (χ2v) is 5.29. The van der Waals surface area contributed by atoms with Crippen LogP contribution in [0.1, 0.15) is 43.6 Å². The van der Waals surface area contributed by atoms with Crippen LogP contribution in [-0.4, -0.2) is 16.8 Å². The lowest BCUT2D eigenvalue weighted by Crippen LogP contribution is -2.19. The van der Waals surface area contributed by atoms with E-state index in [0.717, 1.165) is 18.2 Å². The molecule has 2 aromatic rings. The van der Waals surface area contributed by atoms with Gasteiger partial charge in [-0.05, 0) is 44.2 Å². The van der Waals surface area contributed by atoms with Crippen LogP contribution in [0, 0.1) is 11.6 Å². The number of halogens is 2. The van der Waals surface area contributed by atoms with Gasteiger partial charge in [0.15, 0.2) is 0 Å². The average molecular weight is 293 g/mol. The fraction of sp³-hybridized carbons (Fsp3) is 0.438. The zero-order chi connectivity index (χ0) is 15.4. The number of benzene rings is 1. The number of rotatable bonds is 6. The van der Waals surface area contributed by atoms with Crippen molar-refractivity contribution in [3.8, 4) is 0 Å². The van der Waals surface area contributed by atoms with Crippen molar-refractivity contribution < 1.29 is 8.78 Å². The van der Waals surface area contributed by atoms with Crippen molar-refractivity contribution in [3.63, 3.8) is 0 Å². The molecule has 2 unspecified atom stereocenters. The lowest BCUT2D eigenvalue weighted by atomic mass is 10.0. The molecule has 0 bridgehead atoms. The minimum atomic E-state index is -0.560. The molecule has 0 saturated carbocycles. The third-order valence-electron chi connectivity index (χ3n) is 3.75. The van der Waals surface area contributed by atoms with Gasteiger partial charge >= 0.3 is 0 Å². The molecule has 1 N–H and O–H groups in total. The molecular formula is C16H21F2N3. The zero-order valence-corrected chi connectivity index (χ0v) is 12.6. The molecule has 0 fully saturated rings. The van der Waals surface area contributed by atoms with Crippen molar-refractivity contribution in [2.24, 2.45) is 0 Å². The van der Waals surface area contributed by atoms with Crippen molar-refractivity contribution >= 4 is 0 Å². The smallest absolute Gasteiger partial charge is 0.126 e. The number of nitrogens with zero attached hydrogens (tertiary/aromatic N) is 2. The van der Waals surface area contributed by atoms with Crippen molar-refractivity contribution in [1.29, 1.82) is 0 Å². The summed E-state index contributed by atoms with van der Waals surface area (Å²) in [7, 11) is 1.78. The molecule has 0 aliphatic heterocycles. The largest absolute Gasteiger partial charge is 0.313 e. The van der Waals surface area contributed by atoms with Gasteiger partial charge in [-0.3, -0.25) is 4.68 Å². The standard InChI is InChI=1S/C16H21F2N3/c1-4-11(2)21-6-5-15(20-21)10-16(19-3)12-7-13(17)9-14(18)8-12/h5-9,11,16,19H,4,10H2,1-3H3. The second kappa shape index (κ2) is 6.80. The van der Waals surface area contributed by atoms with Crippen molar-refractivity contribution in [2.45, 2.75) is 38.8 Å². The van der Waals surface area contributed by atoms with Gasteiger partial charge in [0.1, 0.15) is 11.6 Å². The van der Waals surface area contributed by atoms with Crippen LogP contribution >= 0.6 is 0 Å². The van der Waals surface area contributed by atoms with Crippen molar-refractivity contribution in [1.82, 2.24) is 15.1 Å². The molecule has 0 aliphatic carbocycles. The molecule has 1 aromatic heterocycles. The molecule has 1 heterocycles. The number of aromatic nitrogens is 2. The average Bonchev–Trinajstić information content (AvgIpc) is 2.91. The first-order valence-electron chi connectivity index (χ1n) is 7.20. The molecule has 3 nitrogen and oxygen atoms in total. The van der Waals surface area contributed by atoms with Gasteiger partial charge in [0.2, 0.25) is 0 Å². The monoisotopic (exact) mass is 293 g/mol. The van der Waals surface area contributed by atoms with Crippen molar-refractivity contribution in [3.05, 3.63) is 53.4 Å². The highest BCUT2D eigenvalue weighted by Gasteiger charge is 2.15. The van der Waals surface area contributed by atoms with Gasteiger partial charge in [0, 0.05) is 30.8 Å². The Bertz CT molecular complexity index is 575. The molecule has 2 rings (SSSR count). The summed E-state index contributed by atoms with van der Waals surface area (Å²) in [6.07, 6.45) is 3.54. The second-order valence-electron chi connectivity index (χ2n) is 5.29. The normalized spacial score (nSPS) is 14.1. The molecule has 5 heteroatoms. The van der Waals surface area contributed by atoms with Crippen LogP contribution in [-0.2, 0) is 6.42 Å². The molecule has 114 valence electrons. The predicted octanol–water partition coefficient (Wildman–Crippen LogP) is 3.64. The summed E-state index contributed by atoms with van der Waals surface area (Å²) in [6.45, 7) is 4.21. The number of hydrogen-bond donors (Lipinski definition) is 1. The van der Waals surface area contributed by atoms with E-state index in [1.54, 1.807) is 7.05 Å². The predicted molar refractivity (Wildman–Crippen MR) is 79.1 cm³/mol. The molecule has 0 aliphatic rings. The van der Waals surface area contributed by atoms with E-state index in [9.17, 15) is 8.78 Å². The Labute approximate surface area is 124 Å². The van der Waals surface area contributed by atoms with Gasteiger partial charge in [0.05, 0.1) is 5.69 Å². The summed E-state index contributed by atoms with van der Waals surface area (Å²) in [6, 6.07) is 5.72. The Morgan fingerprint density at radius 3 is 2.48 bits per heavy atom. The van der Waals surface area contributed by atoms with Gasteiger partial charge in [-0.15, -0.1) is 0 Å². The minimum Gasteiger partial charge on any atom is -0.313 e. The summed E-state index contributed by atoms with van der Waals surface area (Å²) in [5.41, 5.74) is 1.49. The van der Waals surface area contributed by atoms with Gasteiger partial charge in [-0.2, -0.15) is 5.10 Å². The van der Waals surface area contributed by atoms with Crippen LogP contribution in [0.2, 0.25) is 0 Å². The Kier molecular flexibility index (Phi) is 5.07. The van der Waals surface area contributed by atoms with Crippen molar-refractivity contribution in [2.75, 3.05) is 7.05 Å². The van der Waals surface area contributed by atoms with E-state index < -0.39 is 11.6 Å². The van der Waals surface area contributed by atoms with Crippen LogP contribution in [0.5, 0.6) is 0 Å². The lowest BCUT2D eigenvalue weighted by molar-refractivity contribution is 0.468. The third-order valence-corrected chi connectivity index (χ3v) is 3.75. The first kappa shape index (κ1) is 15.6. The maximum absolute atomic E-state index is 13.3. The summed E-state index contributed by atoms with van der Waals surface area (Å²) in [4.78, 5) is 0.